The highest BCUT2D eigenvalue weighted by atomic mass is 16.2. The van der Waals surface area contributed by atoms with Gasteiger partial charge in [-0.2, -0.15) is 5.10 Å². The molecule has 0 aliphatic carbocycles. The van der Waals surface area contributed by atoms with Gasteiger partial charge in [0.25, 0.3) is 5.56 Å². The Morgan fingerprint density at radius 2 is 1.74 bits per heavy atom. The lowest BCUT2D eigenvalue weighted by Crippen LogP contribution is -2.53. The molecule has 0 bridgehead atoms. The van der Waals surface area contributed by atoms with Crippen LogP contribution in [0.5, 0.6) is 0 Å². The van der Waals surface area contributed by atoms with Crippen molar-refractivity contribution >= 4 is 17.7 Å². The van der Waals surface area contributed by atoms with Crippen LogP contribution in [0.25, 0.3) is 0 Å². The van der Waals surface area contributed by atoms with E-state index in [0.717, 1.165) is 18.4 Å². The molecule has 43 heavy (non-hydrogen) atoms. The van der Waals surface area contributed by atoms with Gasteiger partial charge in [0.15, 0.2) is 0 Å². The average Bonchev–Trinajstić information content (AvgIpc) is 3.36. The first-order valence-electron chi connectivity index (χ1n) is 15.1. The second-order valence-electron chi connectivity index (χ2n) is 11.5. The van der Waals surface area contributed by atoms with Gasteiger partial charge < -0.3 is 20.1 Å². The van der Waals surface area contributed by atoms with E-state index in [1.165, 1.54) is 0 Å². The van der Waals surface area contributed by atoms with Crippen molar-refractivity contribution in [3.8, 4) is 0 Å². The van der Waals surface area contributed by atoms with Gasteiger partial charge in [0.1, 0.15) is 23.5 Å². The van der Waals surface area contributed by atoms with E-state index in [2.05, 4.69) is 20.4 Å². The maximum Gasteiger partial charge on any atom is 0.254 e. The molecule has 2 N–H and O–H groups in total. The summed E-state index contributed by atoms with van der Waals surface area (Å²) in [6.45, 7) is 6.75. The van der Waals surface area contributed by atoms with E-state index < -0.39 is 12.1 Å². The molecule has 5 rings (SSSR count). The Bertz CT molecular complexity index is 1530. The molecule has 4 heterocycles. The molecule has 2 atom stereocenters. The Morgan fingerprint density at radius 1 is 0.953 bits per heavy atom. The predicted molar refractivity (Wildman–Crippen MR) is 159 cm³/mol. The van der Waals surface area contributed by atoms with E-state index >= 15 is 0 Å². The van der Waals surface area contributed by atoms with Gasteiger partial charge >= 0.3 is 0 Å². The molecule has 2 aromatic heterocycles. The Labute approximate surface area is 250 Å². The maximum absolute atomic E-state index is 13.7. The third-order valence-corrected chi connectivity index (χ3v) is 8.26. The van der Waals surface area contributed by atoms with Crippen molar-refractivity contribution in [2.45, 2.75) is 84.3 Å². The number of carbonyl (C=O) groups excluding carboxylic acids is 3. The first-order chi connectivity index (χ1) is 20.7. The number of nitrogens with zero attached hydrogens (tertiary/aromatic N) is 6. The maximum atomic E-state index is 13.7. The van der Waals surface area contributed by atoms with Crippen LogP contribution in [-0.4, -0.2) is 77.9 Å². The zero-order valence-corrected chi connectivity index (χ0v) is 25.1. The van der Waals surface area contributed by atoms with Crippen molar-refractivity contribution in [3.05, 3.63) is 75.0 Å². The molecule has 0 spiro atoms. The lowest BCUT2D eigenvalue weighted by atomic mass is 9.99. The van der Waals surface area contributed by atoms with Gasteiger partial charge in [0.2, 0.25) is 17.7 Å². The molecule has 0 unspecified atom stereocenters. The van der Waals surface area contributed by atoms with Crippen LogP contribution in [0.15, 0.2) is 35.1 Å². The number of piperidine rings is 1. The number of fused-ring (bicyclic) bond motifs is 2. The fraction of sp³-hybridized carbons (Fsp3) is 0.516. The van der Waals surface area contributed by atoms with E-state index in [1.807, 2.05) is 30.3 Å². The molecule has 3 aromatic rings. The number of aryl methyl sites for hydroxylation is 3. The number of benzene rings is 1. The second kappa shape index (κ2) is 13.3. The number of aromatic nitrogens is 5. The molecule has 228 valence electrons. The average molecular weight is 589 g/mol. The molecule has 1 aromatic carbocycles. The normalized spacial score (nSPS) is 20.2. The summed E-state index contributed by atoms with van der Waals surface area (Å²) >= 11 is 0. The van der Waals surface area contributed by atoms with Crippen LogP contribution in [0, 0.1) is 20.8 Å². The summed E-state index contributed by atoms with van der Waals surface area (Å²) in [6.07, 6.45) is 3.39. The number of rotatable bonds is 4. The highest BCUT2D eigenvalue weighted by Crippen LogP contribution is 2.23. The first kappa shape index (κ1) is 30.1. The number of amides is 3. The third kappa shape index (κ3) is 7.18. The predicted octanol–water partition coefficient (Wildman–Crippen LogP) is 1.93. The van der Waals surface area contributed by atoms with E-state index in [0.29, 0.717) is 74.2 Å². The van der Waals surface area contributed by atoms with Gasteiger partial charge in [0.05, 0.1) is 19.0 Å². The molecule has 1 saturated heterocycles. The molecular formula is C31H40N8O4. The molecule has 0 saturated carbocycles. The SMILES string of the molecule is Cc1nc2n(n1)CCN(C(=O)Cc1c(C)nc(C)[nH]c1=O)CCCC(=O)N1CCCC[C@H]1C(=O)N[C@@H]2Cc1ccccc1. The molecule has 3 amide bonds. The standard InChI is InChI=1S/C31H40N8O4/c1-20-24(30(42)34-21(2)32-20)19-28(41)37-14-9-13-27(40)38-15-8-7-12-26(38)31(43)35-25(18-23-10-5-4-6-11-23)29-33-22(3)36-39(29)17-16-37/h4-6,10-11,25-26H,7-9,12-19H2,1-3H3,(H,35,43)(H,32,34,42)/t25-,26+/m1/s1. The number of nitrogens with one attached hydrogen (secondary N) is 2. The Hall–Kier alpha value is -4.35. The van der Waals surface area contributed by atoms with Gasteiger partial charge in [-0.05, 0) is 58.4 Å². The van der Waals surface area contributed by atoms with Crippen molar-refractivity contribution in [1.82, 2.24) is 39.8 Å². The lowest BCUT2D eigenvalue weighted by Gasteiger charge is -2.36. The van der Waals surface area contributed by atoms with Gasteiger partial charge in [-0.1, -0.05) is 30.3 Å². The summed E-state index contributed by atoms with van der Waals surface area (Å²) in [5, 5.41) is 7.84. The Kier molecular flexibility index (Phi) is 9.32. The highest BCUT2D eigenvalue weighted by Gasteiger charge is 2.34. The van der Waals surface area contributed by atoms with Crippen molar-refractivity contribution in [2.75, 3.05) is 19.6 Å². The fourth-order valence-corrected chi connectivity index (χ4v) is 6.09. The Morgan fingerprint density at radius 3 is 2.51 bits per heavy atom. The van der Waals surface area contributed by atoms with E-state index in [9.17, 15) is 19.2 Å². The van der Waals surface area contributed by atoms with Gasteiger partial charge in [0, 0.05) is 37.3 Å². The first-order valence-corrected chi connectivity index (χ1v) is 15.1. The third-order valence-electron chi connectivity index (χ3n) is 8.26. The smallest absolute Gasteiger partial charge is 0.254 e. The summed E-state index contributed by atoms with van der Waals surface area (Å²) in [7, 11) is 0. The summed E-state index contributed by atoms with van der Waals surface area (Å²) < 4.78 is 1.77. The number of H-pyrrole nitrogens is 1. The quantitative estimate of drug-likeness (QED) is 0.474. The second-order valence-corrected chi connectivity index (χ2v) is 11.5. The minimum atomic E-state index is -0.554. The topological polar surface area (TPSA) is 146 Å². The summed E-state index contributed by atoms with van der Waals surface area (Å²) in [6, 6.07) is 8.83. The molecule has 2 aliphatic rings. The molecular weight excluding hydrogens is 548 g/mol. The van der Waals surface area contributed by atoms with E-state index in [-0.39, 0.29) is 36.1 Å². The van der Waals surface area contributed by atoms with Crippen LogP contribution in [-0.2, 0) is 33.8 Å². The molecule has 12 nitrogen and oxygen atoms in total. The van der Waals surface area contributed by atoms with E-state index in [1.54, 1.807) is 35.3 Å². The monoisotopic (exact) mass is 588 g/mol. The molecule has 0 radical (unpaired) electrons. The van der Waals surface area contributed by atoms with Gasteiger partial charge in [-0.3, -0.25) is 19.2 Å². The number of hydrogen-bond acceptors (Lipinski definition) is 7. The van der Waals surface area contributed by atoms with Crippen LogP contribution >= 0.6 is 0 Å². The van der Waals surface area contributed by atoms with Gasteiger partial charge in [-0.25, -0.2) is 14.6 Å². The lowest BCUT2D eigenvalue weighted by molar-refractivity contribution is -0.143. The summed E-state index contributed by atoms with van der Waals surface area (Å²) in [5.74, 6) is 1.18. The zero-order chi connectivity index (χ0) is 30.5. The van der Waals surface area contributed by atoms with E-state index in [4.69, 9.17) is 4.98 Å². The minimum Gasteiger partial charge on any atom is -0.344 e. The van der Waals surface area contributed by atoms with Crippen LogP contribution in [0.3, 0.4) is 0 Å². The summed E-state index contributed by atoms with van der Waals surface area (Å²) in [4.78, 5) is 68.5. The number of aromatic amines is 1. The Balaban J connectivity index is 1.47. The van der Waals surface area contributed by atoms with Crippen molar-refractivity contribution < 1.29 is 14.4 Å². The van der Waals surface area contributed by atoms with Crippen molar-refractivity contribution in [2.24, 2.45) is 0 Å². The minimum absolute atomic E-state index is 0.0852. The van der Waals surface area contributed by atoms with Crippen LogP contribution in [0.1, 0.15) is 72.4 Å². The van der Waals surface area contributed by atoms with Crippen LogP contribution < -0.4 is 10.9 Å². The molecule has 12 heteroatoms. The number of hydrogen-bond donors (Lipinski definition) is 2. The largest absolute Gasteiger partial charge is 0.344 e. The fourth-order valence-electron chi connectivity index (χ4n) is 6.09. The summed E-state index contributed by atoms with van der Waals surface area (Å²) in [5.41, 5.74) is 1.57. The van der Waals surface area contributed by atoms with Crippen LogP contribution in [0.4, 0.5) is 0 Å². The van der Waals surface area contributed by atoms with Crippen molar-refractivity contribution in [1.29, 1.82) is 0 Å². The van der Waals surface area contributed by atoms with Crippen molar-refractivity contribution in [3.63, 3.8) is 0 Å². The van der Waals surface area contributed by atoms with Gasteiger partial charge in [-0.15, -0.1) is 0 Å². The number of carbonyl (C=O) groups is 3. The molecule has 2 aliphatic heterocycles. The zero-order valence-electron chi connectivity index (χ0n) is 25.1. The molecule has 1 fully saturated rings. The highest BCUT2D eigenvalue weighted by molar-refractivity contribution is 5.88. The van der Waals surface area contributed by atoms with Crippen LogP contribution in [0.2, 0.25) is 0 Å².